The summed E-state index contributed by atoms with van der Waals surface area (Å²) >= 11 is 0. The van der Waals surface area contributed by atoms with Crippen molar-refractivity contribution in [2.45, 2.75) is 12.8 Å². The summed E-state index contributed by atoms with van der Waals surface area (Å²) in [5.74, 6) is -7.08. The van der Waals surface area contributed by atoms with Crippen molar-refractivity contribution >= 4 is 11.6 Å². The molecule has 1 aromatic carbocycles. The minimum absolute atomic E-state index is 0.164. The summed E-state index contributed by atoms with van der Waals surface area (Å²) in [6.45, 7) is 0.328. The van der Waals surface area contributed by atoms with Gasteiger partial charge in [0.1, 0.15) is 0 Å². The van der Waals surface area contributed by atoms with E-state index in [1.807, 2.05) is 0 Å². The summed E-state index contributed by atoms with van der Waals surface area (Å²) in [6, 6.07) is 0.419. The summed E-state index contributed by atoms with van der Waals surface area (Å²) < 4.78 is 39.7. The number of hydrogen-bond donors (Lipinski definition) is 2. The zero-order chi connectivity index (χ0) is 14.9. The molecule has 1 fully saturated rings. The predicted molar refractivity (Wildman–Crippen MR) is 62.3 cm³/mol. The van der Waals surface area contributed by atoms with E-state index in [1.165, 1.54) is 4.90 Å². The fourth-order valence-corrected chi connectivity index (χ4v) is 1.98. The van der Waals surface area contributed by atoms with Crippen LogP contribution < -0.4 is 0 Å². The van der Waals surface area contributed by atoms with Crippen molar-refractivity contribution in [3.8, 4) is 5.75 Å². The van der Waals surface area contributed by atoms with Crippen molar-refractivity contribution < 1.29 is 28.3 Å². The van der Waals surface area contributed by atoms with Crippen molar-refractivity contribution in [1.82, 2.24) is 4.90 Å². The van der Waals surface area contributed by atoms with E-state index in [-0.39, 0.29) is 13.1 Å². The number of likely N-dealkylation sites (tertiary alicyclic amines) is 1. The molecule has 0 aromatic heterocycles. The van der Waals surface area contributed by atoms with Crippen molar-refractivity contribution in [3.05, 3.63) is 29.1 Å². The van der Waals surface area contributed by atoms with Gasteiger partial charge in [-0.05, 0) is 6.07 Å². The van der Waals surface area contributed by atoms with Crippen LogP contribution in [-0.2, 0) is 0 Å². The fourth-order valence-electron chi connectivity index (χ4n) is 1.98. The summed E-state index contributed by atoms with van der Waals surface area (Å²) in [5, 5.41) is 20.7. The first-order chi connectivity index (χ1) is 9.45. The van der Waals surface area contributed by atoms with Gasteiger partial charge in [-0.25, -0.2) is 8.78 Å². The molecule has 0 unspecified atom stereocenters. The van der Waals surface area contributed by atoms with Crippen LogP contribution in [0.25, 0.3) is 0 Å². The van der Waals surface area contributed by atoms with Crippen LogP contribution in [0.4, 0.5) is 13.2 Å². The minimum atomic E-state index is -1.73. The Bertz CT molecular complexity index is 580. The SMILES string of the molecule is O=C(c1cc(F)c(F)c(O)c1F)N1CCC(=NO)CC1. The van der Waals surface area contributed by atoms with E-state index in [4.69, 9.17) is 10.3 Å². The van der Waals surface area contributed by atoms with E-state index in [0.717, 1.165) is 0 Å². The molecule has 2 rings (SSSR count). The lowest BCUT2D eigenvalue weighted by atomic mass is 10.1. The number of halogens is 3. The van der Waals surface area contributed by atoms with Gasteiger partial charge in [0.25, 0.3) is 5.91 Å². The highest BCUT2D eigenvalue weighted by Gasteiger charge is 2.27. The molecule has 8 heteroatoms. The van der Waals surface area contributed by atoms with E-state index in [9.17, 15) is 18.0 Å². The Balaban J connectivity index is 2.27. The highest BCUT2D eigenvalue weighted by Crippen LogP contribution is 2.27. The number of nitrogens with zero attached hydrogens (tertiary/aromatic N) is 2. The Morgan fingerprint density at radius 1 is 1.20 bits per heavy atom. The second kappa shape index (κ2) is 5.40. The molecular formula is C12H11F3N2O3. The van der Waals surface area contributed by atoms with Gasteiger partial charge in [0.15, 0.2) is 17.4 Å². The number of piperidine rings is 1. The third-order valence-corrected chi connectivity index (χ3v) is 3.13. The quantitative estimate of drug-likeness (QED) is 0.471. The molecule has 0 bridgehead atoms. The number of phenols is 1. The number of phenolic OH excluding ortho intramolecular Hbond substituents is 1. The van der Waals surface area contributed by atoms with Crippen LogP contribution in [0.1, 0.15) is 23.2 Å². The third kappa shape index (κ3) is 2.40. The number of oxime groups is 1. The average Bonchev–Trinajstić information content (AvgIpc) is 2.48. The van der Waals surface area contributed by atoms with Gasteiger partial charge in [-0.1, -0.05) is 5.16 Å². The first-order valence-corrected chi connectivity index (χ1v) is 5.81. The molecule has 0 aliphatic carbocycles. The number of aromatic hydroxyl groups is 1. The second-order valence-electron chi connectivity index (χ2n) is 4.34. The summed E-state index contributed by atoms with van der Waals surface area (Å²) in [7, 11) is 0. The molecule has 1 heterocycles. The monoisotopic (exact) mass is 288 g/mol. The molecule has 1 amide bonds. The number of carbonyl (C=O) groups excluding carboxylic acids is 1. The summed E-state index contributed by atoms with van der Waals surface area (Å²) in [4.78, 5) is 13.2. The van der Waals surface area contributed by atoms with Gasteiger partial charge in [0.2, 0.25) is 5.82 Å². The molecule has 20 heavy (non-hydrogen) atoms. The molecule has 1 aliphatic heterocycles. The van der Waals surface area contributed by atoms with Gasteiger partial charge in [0, 0.05) is 25.9 Å². The molecule has 5 nitrogen and oxygen atoms in total. The normalized spacial score (nSPS) is 15.3. The second-order valence-corrected chi connectivity index (χ2v) is 4.34. The predicted octanol–water partition coefficient (Wildman–Crippen LogP) is 1.88. The Kier molecular flexibility index (Phi) is 3.82. The molecule has 0 saturated carbocycles. The van der Waals surface area contributed by atoms with Crippen molar-refractivity contribution in [1.29, 1.82) is 0 Å². The molecule has 0 atom stereocenters. The van der Waals surface area contributed by atoms with Crippen molar-refractivity contribution in [3.63, 3.8) is 0 Å². The van der Waals surface area contributed by atoms with Gasteiger partial charge in [-0.2, -0.15) is 4.39 Å². The Morgan fingerprint density at radius 3 is 2.35 bits per heavy atom. The summed E-state index contributed by atoms with van der Waals surface area (Å²) in [5.41, 5.74) is -0.228. The first kappa shape index (κ1) is 14.2. The minimum Gasteiger partial charge on any atom is -0.503 e. The van der Waals surface area contributed by atoms with E-state index >= 15 is 0 Å². The average molecular weight is 288 g/mol. The number of benzene rings is 1. The summed E-state index contributed by atoms with van der Waals surface area (Å²) in [6.07, 6.45) is 0.610. The van der Waals surface area contributed by atoms with Crippen molar-refractivity contribution in [2.24, 2.45) is 5.16 Å². The van der Waals surface area contributed by atoms with Gasteiger partial charge in [-0.3, -0.25) is 4.79 Å². The lowest BCUT2D eigenvalue weighted by Gasteiger charge is -2.27. The highest BCUT2D eigenvalue weighted by molar-refractivity contribution is 5.96. The lowest BCUT2D eigenvalue weighted by Crippen LogP contribution is -2.39. The smallest absolute Gasteiger partial charge is 0.257 e. The molecular weight excluding hydrogens is 277 g/mol. The van der Waals surface area contributed by atoms with Gasteiger partial charge < -0.3 is 15.2 Å². The van der Waals surface area contributed by atoms with Crippen LogP contribution in [0.15, 0.2) is 11.2 Å². The first-order valence-electron chi connectivity index (χ1n) is 5.81. The van der Waals surface area contributed by atoms with Crippen LogP contribution in [0, 0.1) is 17.5 Å². The third-order valence-electron chi connectivity index (χ3n) is 3.13. The largest absolute Gasteiger partial charge is 0.503 e. The van der Waals surface area contributed by atoms with Crippen molar-refractivity contribution in [2.75, 3.05) is 13.1 Å². The molecule has 2 N–H and O–H groups in total. The fraction of sp³-hybridized carbons (Fsp3) is 0.333. The molecule has 0 spiro atoms. The van der Waals surface area contributed by atoms with Gasteiger partial charge in [0.05, 0.1) is 11.3 Å². The highest BCUT2D eigenvalue weighted by atomic mass is 19.2. The Labute approximate surface area is 111 Å². The number of rotatable bonds is 1. The number of carbonyl (C=O) groups is 1. The topological polar surface area (TPSA) is 73.1 Å². The Hall–Kier alpha value is -2.25. The molecule has 108 valence electrons. The van der Waals surface area contributed by atoms with E-state index in [1.54, 1.807) is 0 Å². The van der Waals surface area contributed by atoms with Gasteiger partial charge in [-0.15, -0.1) is 0 Å². The molecule has 1 aromatic rings. The Morgan fingerprint density at radius 2 is 1.80 bits per heavy atom. The molecule has 1 aliphatic rings. The van der Waals surface area contributed by atoms with E-state index < -0.39 is 34.7 Å². The van der Waals surface area contributed by atoms with E-state index in [0.29, 0.717) is 24.6 Å². The molecule has 0 radical (unpaired) electrons. The van der Waals surface area contributed by atoms with E-state index in [2.05, 4.69) is 5.16 Å². The maximum Gasteiger partial charge on any atom is 0.257 e. The van der Waals surface area contributed by atoms with Crippen LogP contribution in [0.5, 0.6) is 5.75 Å². The maximum absolute atomic E-state index is 13.6. The standard InChI is InChI=1S/C12H11F3N2O3/c13-8-5-7(9(14)11(18)10(8)15)12(19)17-3-1-6(16-20)2-4-17/h5,18,20H,1-4H2. The maximum atomic E-state index is 13.6. The lowest BCUT2D eigenvalue weighted by molar-refractivity contribution is 0.0747. The van der Waals surface area contributed by atoms with Gasteiger partial charge >= 0.3 is 0 Å². The molecule has 1 saturated heterocycles. The van der Waals surface area contributed by atoms with Crippen LogP contribution in [-0.4, -0.2) is 39.9 Å². The van der Waals surface area contributed by atoms with Crippen LogP contribution >= 0.6 is 0 Å². The zero-order valence-electron chi connectivity index (χ0n) is 10.2. The zero-order valence-corrected chi connectivity index (χ0v) is 10.2. The van der Waals surface area contributed by atoms with Crippen LogP contribution in [0.3, 0.4) is 0 Å². The van der Waals surface area contributed by atoms with Crippen LogP contribution in [0.2, 0.25) is 0 Å². The number of hydrogen-bond acceptors (Lipinski definition) is 4. The number of amides is 1.